The molecule has 0 radical (unpaired) electrons. The van der Waals surface area contributed by atoms with Crippen molar-refractivity contribution in [3.8, 4) is 0 Å². The molecule has 0 aromatic heterocycles. The van der Waals surface area contributed by atoms with Crippen LogP contribution in [0.4, 0.5) is 0 Å². The molecule has 16 heavy (non-hydrogen) atoms. The molecule has 0 saturated carbocycles. The van der Waals surface area contributed by atoms with Crippen LogP contribution in [-0.4, -0.2) is 24.9 Å². The third-order valence-electron chi connectivity index (χ3n) is 2.81. The highest BCUT2D eigenvalue weighted by atomic mass is 16.6. The summed E-state index contributed by atoms with van der Waals surface area (Å²) in [6, 6.07) is 8.30. The highest BCUT2D eigenvalue weighted by molar-refractivity contribution is 6.02. The van der Waals surface area contributed by atoms with Crippen LogP contribution in [0.25, 0.3) is 0 Å². The molecule has 1 atom stereocenters. The van der Waals surface area contributed by atoms with E-state index in [-0.39, 0.29) is 6.10 Å². The number of hydrogen-bond acceptors (Lipinski definition) is 3. The molecule has 0 saturated heterocycles. The molecule has 0 aliphatic carbocycles. The lowest BCUT2D eigenvalue weighted by Gasteiger charge is -2.08. The van der Waals surface area contributed by atoms with Gasteiger partial charge in [0.25, 0.3) is 0 Å². The lowest BCUT2D eigenvalue weighted by Crippen LogP contribution is -2.26. The van der Waals surface area contributed by atoms with Gasteiger partial charge in [-0.1, -0.05) is 36.3 Å². The van der Waals surface area contributed by atoms with Gasteiger partial charge in [0.15, 0.2) is 0 Å². The minimum atomic E-state index is 0.189. The summed E-state index contributed by atoms with van der Waals surface area (Å²) in [5.41, 5.74) is 3.54. The Morgan fingerprint density at radius 2 is 2.25 bits per heavy atom. The number of rotatable bonds is 4. The Morgan fingerprint density at radius 1 is 1.44 bits per heavy atom. The SMILES string of the molecule is CCNC[C@@H]1CC(c2ccccc2C)=NO1. The maximum absolute atomic E-state index is 5.40. The number of aryl methyl sites for hydroxylation is 1. The number of benzene rings is 1. The molecule has 1 aliphatic rings. The van der Waals surface area contributed by atoms with E-state index in [0.29, 0.717) is 0 Å². The van der Waals surface area contributed by atoms with Gasteiger partial charge in [0.2, 0.25) is 0 Å². The zero-order valence-electron chi connectivity index (χ0n) is 9.86. The molecular weight excluding hydrogens is 200 g/mol. The van der Waals surface area contributed by atoms with Gasteiger partial charge in [-0.2, -0.15) is 0 Å². The minimum Gasteiger partial charge on any atom is -0.390 e. The van der Waals surface area contributed by atoms with Crippen molar-refractivity contribution in [1.29, 1.82) is 0 Å². The van der Waals surface area contributed by atoms with Crippen LogP contribution in [0, 0.1) is 6.92 Å². The van der Waals surface area contributed by atoms with E-state index in [9.17, 15) is 0 Å². The first-order valence-electron chi connectivity index (χ1n) is 5.80. The Balaban J connectivity index is 2.01. The van der Waals surface area contributed by atoms with Gasteiger partial charge in [-0.15, -0.1) is 0 Å². The van der Waals surface area contributed by atoms with Gasteiger partial charge in [-0.3, -0.25) is 0 Å². The fraction of sp³-hybridized carbons (Fsp3) is 0.462. The van der Waals surface area contributed by atoms with E-state index in [1.54, 1.807) is 0 Å². The van der Waals surface area contributed by atoms with Gasteiger partial charge < -0.3 is 10.2 Å². The first-order valence-corrected chi connectivity index (χ1v) is 5.80. The van der Waals surface area contributed by atoms with E-state index in [2.05, 4.69) is 36.5 Å². The summed E-state index contributed by atoms with van der Waals surface area (Å²) in [6.07, 6.45) is 1.09. The molecule has 1 N–H and O–H groups in total. The van der Waals surface area contributed by atoms with Crippen LogP contribution in [0.15, 0.2) is 29.4 Å². The highest BCUT2D eigenvalue weighted by Crippen LogP contribution is 2.18. The number of nitrogens with zero attached hydrogens (tertiary/aromatic N) is 1. The minimum absolute atomic E-state index is 0.189. The summed E-state index contributed by atoms with van der Waals surface area (Å²) in [5, 5.41) is 7.46. The van der Waals surface area contributed by atoms with Crippen molar-refractivity contribution in [1.82, 2.24) is 5.32 Å². The van der Waals surface area contributed by atoms with Crippen LogP contribution in [0.2, 0.25) is 0 Å². The zero-order valence-corrected chi connectivity index (χ0v) is 9.86. The molecule has 0 unspecified atom stereocenters. The molecule has 0 fully saturated rings. The quantitative estimate of drug-likeness (QED) is 0.839. The summed E-state index contributed by atoms with van der Waals surface area (Å²) < 4.78 is 0. The van der Waals surface area contributed by atoms with Crippen LogP contribution in [0.1, 0.15) is 24.5 Å². The summed E-state index contributed by atoms with van der Waals surface area (Å²) >= 11 is 0. The van der Waals surface area contributed by atoms with Crippen LogP contribution >= 0.6 is 0 Å². The van der Waals surface area contributed by atoms with E-state index in [1.807, 2.05) is 12.1 Å². The number of likely N-dealkylation sites (N-methyl/N-ethyl adjacent to an activating group) is 1. The van der Waals surface area contributed by atoms with E-state index in [4.69, 9.17) is 4.84 Å². The van der Waals surface area contributed by atoms with Crippen LogP contribution in [-0.2, 0) is 4.84 Å². The number of hydrogen-bond donors (Lipinski definition) is 1. The molecule has 86 valence electrons. The molecular formula is C13H18N2O. The smallest absolute Gasteiger partial charge is 0.145 e. The maximum Gasteiger partial charge on any atom is 0.145 e. The molecule has 0 spiro atoms. The molecule has 2 rings (SSSR count). The van der Waals surface area contributed by atoms with Crippen LogP contribution in [0.3, 0.4) is 0 Å². The largest absolute Gasteiger partial charge is 0.390 e. The fourth-order valence-corrected chi connectivity index (χ4v) is 1.90. The lowest BCUT2D eigenvalue weighted by molar-refractivity contribution is 0.0855. The second-order valence-corrected chi connectivity index (χ2v) is 4.09. The molecule has 0 amide bonds. The Morgan fingerprint density at radius 3 is 3.00 bits per heavy atom. The standard InChI is InChI=1S/C13H18N2O/c1-3-14-9-11-8-13(15-16-11)12-7-5-4-6-10(12)2/h4-7,11,14H,3,8-9H2,1-2H3/t11-/m0/s1. The van der Waals surface area contributed by atoms with Crippen molar-refractivity contribution in [2.75, 3.05) is 13.1 Å². The normalized spacial score (nSPS) is 19.4. The third-order valence-corrected chi connectivity index (χ3v) is 2.81. The van der Waals surface area contributed by atoms with Gasteiger partial charge >= 0.3 is 0 Å². The Kier molecular flexibility index (Phi) is 3.57. The van der Waals surface area contributed by atoms with Crippen molar-refractivity contribution in [2.24, 2.45) is 5.16 Å². The van der Waals surface area contributed by atoms with Gasteiger partial charge in [0.1, 0.15) is 6.10 Å². The molecule has 1 heterocycles. The monoisotopic (exact) mass is 218 g/mol. The van der Waals surface area contributed by atoms with E-state index >= 15 is 0 Å². The van der Waals surface area contributed by atoms with Gasteiger partial charge in [0, 0.05) is 18.5 Å². The van der Waals surface area contributed by atoms with Crippen LogP contribution in [0.5, 0.6) is 0 Å². The molecule has 1 aromatic carbocycles. The van der Waals surface area contributed by atoms with E-state index in [0.717, 1.165) is 25.2 Å². The van der Waals surface area contributed by atoms with Gasteiger partial charge in [-0.25, -0.2) is 0 Å². The molecule has 0 bridgehead atoms. The Labute approximate surface area is 96.5 Å². The summed E-state index contributed by atoms with van der Waals surface area (Å²) in [6.45, 7) is 6.04. The fourth-order valence-electron chi connectivity index (χ4n) is 1.90. The summed E-state index contributed by atoms with van der Waals surface area (Å²) in [5.74, 6) is 0. The van der Waals surface area contributed by atoms with Gasteiger partial charge in [-0.05, 0) is 19.0 Å². The average molecular weight is 218 g/mol. The highest BCUT2D eigenvalue weighted by Gasteiger charge is 2.22. The number of oxime groups is 1. The van der Waals surface area contributed by atoms with Crippen molar-refractivity contribution in [3.63, 3.8) is 0 Å². The Bertz CT molecular complexity index is 387. The van der Waals surface area contributed by atoms with Crippen molar-refractivity contribution < 1.29 is 4.84 Å². The molecule has 3 nitrogen and oxygen atoms in total. The topological polar surface area (TPSA) is 33.6 Å². The Hall–Kier alpha value is -1.35. The van der Waals surface area contributed by atoms with Crippen molar-refractivity contribution in [3.05, 3.63) is 35.4 Å². The first kappa shape index (κ1) is 11.1. The molecule has 1 aliphatic heterocycles. The predicted octanol–water partition coefficient (Wildman–Crippen LogP) is 2.10. The summed E-state index contributed by atoms with van der Waals surface area (Å²) in [7, 11) is 0. The average Bonchev–Trinajstić information content (AvgIpc) is 2.75. The van der Waals surface area contributed by atoms with E-state index < -0.39 is 0 Å². The molecule has 3 heteroatoms. The van der Waals surface area contributed by atoms with Gasteiger partial charge in [0.05, 0.1) is 5.71 Å². The van der Waals surface area contributed by atoms with Crippen molar-refractivity contribution in [2.45, 2.75) is 26.4 Å². The second kappa shape index (κ2) is 5.12. The maximum atomic E-state index is 5.40. The third kappa shape index (κ3) is 2.42. The van der Waals surface area contributed by atoms with Crippen molar-refractivity contribution >= 4 is 5.71 Å². The molecule has 1 aromatic rings. The summed E-state index contributed by atoms with van der Waals surface area (Å²) in [4.78, 5) is 5.40. The van der Waals surface area contributed by atoms with E-state index in [1.165, 1.54) is 11.1 Å². The second-order valence-electron chi connectivity index (χ2n) is 4.09. The number of nitrogens with one attached hydrogen (secondary N) is 1. The lowest BCUT2D eigenvalue weighted by atomic mass is 10.0. The zero-order chi connectivity index (χ0) is 11.4. The van der Waals surface area contributed by atoms with Crippen LogP contribution < -0.4 is 5.32 Å². The first-order chi connectivity index (χ1) is 7.81. The predicted molar refractivity (Wildman–Crippen MR) is 65.7 cm³/mol.